The fourth-order valence-corrected chi connectivity index (χ4v) is 3.06. The summed E-state index contributed by atoms with van der Waals surface area (Å²) in [5, 5.41) is 35.5. The molecular formula is C19H19N5O5. The molecule has 1 aliphatic heterocycles. The highest BCUT2D eigenvalue weighted by molar-refractivity contribution is 6.04. The lowest BCUT2D eigenvalue weighted by atomic mass is 10.1. The maximum atomic E-state index is 9.79. The summed E-state index contributed by atoms with van der Waals surface area (Å²) in [5.41, 5.74) is 1.96. The lowest BCUT2D eigenvalue weighted by molar-refractivity contribution is 0.324. The predicted octanol–water partition coefficient (Wildman–Crippen LogP) is 2.06. The van der Waals surface area contributed by atoms with Crippen LogP contribution in [0.1, 0.15) is 5.56 Å². The van der Waals surface area contributed by atoms with Crippen LogP contribution < -0.4 is 19.5 Å². The van der Waals surface area contributed by atoms with Gasteiger partial charge in [0.15, 0.2) is 28.8 Å². The number of fused-ring (bicyclic) bond motifs is 1. The first-order valence-electron chi connectivity index (χ1n) is 8.65. The Bertz CT molecular complexity index is 1080. The molecule has 0 fully saturated rings. The van der Waals surface area contributed by atoms with Crippen LogP contribution in [0, 0.1) is 0 Å². The number of rotatable bonds is 5. The zero-order valence-corrected chi connectivity index (χ0v) is 16.0. The molecule has 3 N–H and O–H groups in total. The number of benzene rings is 2. The second-order valence-electron chi connectivity index (χ2n) is 6.18. The van der Waals surface area contributed by atoms with Crippen molar-refractivity contribution in [3.05, 3.63) is 35.9 Å². The largest absolute Gasteiger partial charge is 0.504 e. The zero-order valence-electron chi connectivity index (χ0n) is 16.0. The minimum Gasteiger partial charge on any atom is -0.504 e. The summed E-state index contributed by atoms with van der Waals surface area (Å²) in [7, 11) is 4.61. The van der Waals surface area contributed by atoms with E-state index in [2.05, 4.69) is 20.6 Å². The van der Waals surface area contributed by atoms with E-state index >= 15 is 0 Å². The van der Waals surface area contributed by atoms with E-state index in [-0.39, 0.29) is 11.5 Å². The van der Waals surface area contributed by atoms with Gasteiger partial charge in [-0.1, -0.05) is 0 Å². The molecule has 0 spiro atoms. The number of nitrogens with zero attached hydrogens (tertiary/aromatic N) is 4. The van der Waals surface area contributed by atoms with E-state index in [4.69, 9.17) is 14.2 Å². The number of nitrogens with one attached hydrogen (secondary N) is 1. The summed E-state index contributed by atoms with van der Waals surface area (Å²) in [6.45, 7) is 0.387. The minimum absolute atomic E-state index is 0.193. The summed E-state index contributed by atoms with van der Waals surface area (Å²) in [4.78, 5) is 0. The number of aromatic nitrogens is 3. The normalized spacial score (nSPS) is 12.6. The molecule has 1 aliphatic rings. The van der Waals surface area contributed by atoms with Crippen molar-refractivity contribution >= 4 is 11.7 Å². The molecule has 0 saturated heterocycles. The number of ether oxygens (including phenoxy) is 3. The van der Waals surface area contributed by atoms with Crippen molar-refractivity contribution in [3.8, 4) is 40.1 Å². The highest BCUT2D eigenvalue weighted by Gasteiger charge is 2.23. The van der Waals surface area contributed by atoms with Crippen molar-refractivity contribution in [2.75, 3.05) is 33.2 Å². The standard InChI is InChI=1S/C19H19N5O5/c1-27-15-7-11(8-16(28-2)17(15)29-3)18-21-22-19-20-9-12(23-24(18)19)10-4-5-13(25)14(26)6-10/h4-8,25-26H,9H2,1-3H3,(H,20,22). The average Bonchev–Trinajstić information content (AvgIpc) is 3.17. The molecule has 10 nitrogen and oxygen atoms in total. The Morgan fingerprint density at radius 1 is 0.897 bits per heavy atom. The molecule has 1 aromatic heterocycles. The molecule has 0 radical (unpaired) electrons. The molecule has 3 aromatic rings. The third kappa shape index (κ3) is 3.14. The monoisotopic (exact) mass is 397 g/mol. The molecule has 10 heteroatoms. The van der Waals surface area contributed by atoms with Crippen LogP contribution in [0.25, 0.3) is 11.4 Å². The van der Waals surface area contributed by atoms with E-state index in [1.165, 1.54) is 33.5 Å². The molecule has 29 heavy (non-hydrogen) atoms. The van der Waals surface area contributed by atoms with Crippen molar-refractivity contribution in [1.29, 1.82) is 0 Å². The highest BCUT2D eigenvalue weighted by atomic mass is 16.5. The Morgan fingerprint density at radius 3 is 2.24 bits per heavy atom. The predicted molar refractivity (Wildman–Crippen MR) is 105 cm³/mol. The van der Waals surface area contributed by atoms with Gasteiger partial charge in [0.05, 0.1) is 33.6 Å². The third-order valence-corrected chi connectivity index (χ3v) is 4.51. The van der Waals surface area contributed by atoms with Gasteiger partial charge in [0.1, 0.15) is 0 Å². The molecule has 0 saturated carbocycles. The van der Waals surface area contributed by atoms with Gasteiger partial charge in [0, 0.05) is 11.1 Å². The van der Waals surface area contributed by atoms with E-state index in [9.17, 15) is 10.2 Å². The molecule has 2 aromatic carbocycles. The smallest absolute Gasteiger partial charge is 0.246 e. The van der Waals surface area contributed by atoms with Crippen LogP contribution in [-0.2, 0) is 0 Å². The van der Waals surface area contributed by atoms with Crippen LogP contribution in [0.5, 0.6) is 28.7 Å². The first-order chi connectivity index (χ1) is 14.0. The summed E-state index contributed by atoms with van der Waals surface area (Å²) in [6.07, 6.45) is 0. The topological polar surface area (TPSA) is 123 Å². The number of methoxy groups -OCH3 is 3. The lowest BCUT2D eigenvalue weighted by Crippen LogP contribution is -2.23. The molecule has 0 amide bonds. The second kappa shape index (κ2) is 7.23. The van der Waals surface area contributed by atoms with Crippen molar-refractivity contribution in [2.24, 2.45) is 5.10 Å². The Kier molecular flexibility index (Phi) is 4.59. The van der Waals surface area contributed by atoms with Gasteiger partial charge in [-0.2, -0.15) is 9.78 Å². The lowest BCUT2D eigenvalue weighted by Gasteiger charge is -2.17. The summed E-state index contributed by atoms with van der Waals surface area (Å²) < 4.78 is 17.7. The fraction of sp³-hybridized carbons (Fsp3) is 0.211. The van der Waals surface area contributed by atoms with Crippen LogP contribution in [0.15, 0.2) is 35.4 Å². The second-order valence-corrected chi connectivity index (χ2v) is 6.18. The van der Waals surface area contributed by atoms with Gasteiger partial charge in [-0.15, -0.1) is 10.2 Å². The van der Waals surface area contributed by atoms with Gasteiger partial charge in [0.25, 0.3) is 0 Å². The van der Waals surface area contributed by atoms with E-state index in [1.54, 1.807) is 22.9 Å². The van der Waals surface area contributed by atoms with Crippen LogP contribution in [0.3, 0.4) is 0 Å². The Morgan fingerprint density at radius 2 is 1.62 bits per heavy atom. The Balaban J connectivity index is 1.82. The van der Waals surface area contributed by atoms with Gasteiger partial charge in [0.2, 0.25) is 11.7 Å². The van der Waals surface area contributed by atoms with Crippen LogP contribution in [-0.4, -0.2) is 58.7 Å². The number of phenolic OH excluding ortho intramolecular Hbond substituents is 2. The molecule has 0 unspecified atom stereocenters. The quantitative estimate of drug-likeness (QED) is 0.559. The number of aromatic hydroxyl groups is 2. The van der Waals surface area contributed by atoms with Crippen LogP contribution in [0.4, 0.5) is 5.95 Å². The molecule has 150 valence electrons. The van der Waals surface area contributed by atoms with E-state index in [1.807, 2.05) is 0 Å². The molecule has 0 aliphatic carbocycles. The van der Waals surface area contributed by atoms with E-state index in [0.717, 1.165) is 0 Å². The van der Waals surface area contributed by atoms with Gasteiger partial charge in [-0.3, -0.25) is 0 Å². The first kappa shape index (κ1) is 18.4. The highest BCUT2D eigenvalue weighted by Crippen LogP contribution is 2.41. The van der Waals surface area contributed by atoms with Crippen molar-refractivity contribution in [1.82, 2.24) is 14.9 Å². The summed E-state index contributed by atoms with van der Waals surface area (Å²) >= 11 is 0. The summed E-state index contributed by atoms with van der Waals surface area (Å²) in [6, 6.07) is 8.05. The summed E-state index contributed by atoms with van der Waals surface area (Å²) in [5.74, 6) is 1.96. The molecule has 0 atom stereocenters. The third-order valence-electron chi connectivity index (χ3n) is 4.51. The molecule has 2 heterocycles. The van der Waals surface area contributed by atoms with Gasteiger partial charge < -0.3 is 29.7 Å². The number of hydrogen-bond donors (Lipinski definition) is 3. The van der Waals surface area contributed by atoms with Crippen molar-refractivity contribution < 1.29 is 24.4 Å². The van der Waals surface area contributed by atoms with Gasteiger partial charge >= 0.3 is 0 Å². The van der Waals surface area contributed by atoms with Gasteiger partial charge in [-0.05, 0) is 30.3 Å². The maximum absolute atomic E-state index is 9.79. The van der Waals surface area contributed by atoms with Crippen LogP contribution in [0.2, 0.25) is 0 Å². The average molecular weight is 397 g/mol. The maximum Gasteiger partial charge on any atom is 0.246 e. The minimum atomic E-state index is -0.218. The SMILES string of the molecule is COc1cc(-c2nnc3n2N=C(c2ccc(O)c(O)c2)CN3)cc(OC)c1OC. The van der Waals surface area contributed by atoms with Crippen molar-refractivity contribution in [3.63, 3.8) is 0 Å². The van der Waals surface area contributed by atoms with Crippen LogP contribution >= 0.6 is 0 Å². The zero-order chi connectivity index (χ0) is 20.5. The number of phenols is 2. The van der Waals surface area contributed by atoms with E-state index < -0.39 is 0 Å². The first-order valence-corrected chi connectivity index (χ1v) is 8.65. The Hall–Kier alpha value is -3.95. The van der Waals surface area contributed by atoms with Gasteiger partial charge in [-0.25, -0.2) is 0 Å². The molecule has 4 rings (SSSR count). The molecular weight excluding hydrogens is 378 g/mol. The van der Waals surface area contributed by atoms with E-state index in [0.29, 0.717) is 52.4 Å². The van der Waals surface area contributed by atoms with Crippen molar-refractivity contribution in [2.45, 2.75) is 0 Å². The Labute approximate surface area is 166 Å². The number of anilines is 1. The number of hydrogen-bond acceptors (Lipinski definition) is 9. The molecule has 0 bridgehead atoms. The fourth-order valence-electron chi connectivity index (χ4n) is 3.06.